The van der Waals surface area contributed by atoms with Crippen LogP contribution < -0.4 is 5.32 Å². The predicted molar refractivity (Wildman–Crippen MR) is 118 cm³/mol. The number of hydrogen-bond donors (Lipinski definition) is 1. The molecular formula is C21H21ClN4OS. The van der Waals surface area contributed by atoms with Crippen LogP contribution in [-0.4, -0.2) is 46.7 Å². The minimum absolute atomic E-state index is 0.114. The molecule has 2 aromatic rings. The average molecular weight is 413 g/mol. The number of likely N-dealkylation sites (tertiary alicyclic amines) is 1. The van der Waals surface area contributed by atoms with Gasteiger partial charge < -0.3 is 10.2 Å². The number of rotatable bonds is 2. The van der Waals surface area contributed by atoms with Gasteiger partial charge in [-0.15, -0.1) is 11.8 Å². The Labute approximate surface area is 173 Å². The zero-order chi connectivity index (χ0) is 19.6. The quantitative estimate of drug-likeness (QED) is 0.760. The highest BCUT2D eigenvalue weighted by Crippen LogP contribution is 2.35. The highest BCUT2D eigenvalue weighted by atomic mass is 35.5. The van der Waals surface area contributed by atoms with Gasteiger partial charge in [0.05, 0.1) is 5.71 Å². The molecule has 1 spiro atoms. The van der Waals surface area contributed by atoms with Crippen molar-refractivity contribution in [2.24, 2.45) is 9.98 Å². The first-order valence-corrected chi connectivity index (χ1v) is 10.8. The van der Waals surface area contributed by atoms with Crippen LogP contribution in [0.15, 0.2) is 64.6 Å². The molecule has 0 aliphatic carbocycles. The van der Waals surface area contributed by atoms with E-state index in [9.17, 15) is 4.79 Å². The van der Waals surface area contributed by atoms with Crippen LogP contribution >= 0.6 is 23.4 Å². The van der Waals surface area contributed by atoms with E-state index < -0.39 is 5.66 Å². The van der Waals surface area contributed by atoms with E-state index in [2.05, 4.69) is 17.4 Å². The van der Waals surface area contributed by atoms with E-state index in [4.69, 9.17) is 21.6 Å². The Morgan fingerprint density at radius 1 is 1.11 bits per heavy atom. The summed E-state index contributed by atoms with van der Waals surface area (Å²) in [5.41, 5.74) is 2.31. The normalized spacial score (nSPS) is 18.0. The molecule has 4 rings (SSSR count). The number of amides is 2. The lowest BCUT2D eigenvalue weighted by atomic mass is 9.98. The average Bonchev–Trinajstić information content (AvgIpc) is 3.07. The third kappa shape index (κ3) is 3.93. The van der Waals surface area contributed by atoms with Gasteiger partial charge in [0.1, 0.15) is 5.04 Å². The van der Waals surface area contributed by atoms with Gasteiger partial charge in [-0.1, -0.05) is 48.0 Å². The van der Waals surface area contributed by atoms with Crippen LogP contribution in [0, 0.1) is 0 Å². The molecule has 2 aliphatic heterocycles. The molecule has 0 saturated carbocycles. The van der Waals surface area contributed by atoms with Crippen LogP contribution in [0.1, 0.15) is 18.4 Å². The standard InChI is InChI=1S/C21H21ClN4OS/c1-28-19-18(15-6-3-2-4-7-15)24-21(25-19)10-12-26(13-11-21)20(27)23-17-9-5-8-16(22)14-17/h2-9,14H,10-13H2,1H3,(H,23,27). The van der Waals surface area contributed by atoms with Crippen LogP contribution in [0.2, 0.25) is 5.02 Å². The van der Waals surface area contributed by atoms with Crippen LogP contribution in [0.4, 0.5) is 10.5 Å². The van der Waals surface area contributed by atoms with Crippen LogP contribution in [0.5, 0.6) is 0 Å². The van der Waals surface area contributed by atoms with Gasteiger partial charge in [-0.25, -0.2) is 9.79 Å². The maximum absolute atomic E-state index is 12.6. The van der Waals surface area contributed by atoms with E-state index in [-0.39, 0.29) is 6.03 Å². The van der Waals surface area contributed by atoms with E-state index in [1.54, 1.807) is 23.9 Å². The Bertz CT molecular complexity index is 936. The van der Waals surface area contributed by atoms with Gasteiger partial charge in [-0.05, 0) is 24.5 Å². The number of hydrogen-bond acceptors (Lipinski definition) is 4. The number of aliphatic imine (C=N–C) groups is 2. The van der Waals surface area contributed by atoms with Crippen molar-refractivity contribution in [1.82, 2.24) is 4.90 Å². The van der Waals surface area contributed by atoms with Crippen molar-refractivity contribution in [3.8, 4) is 0 Å². The van der Waals surface area contributed by atoms with Crippen molar-refractivity contribution in [1.29, 1.82) is 0 Å². The number of carbonyl (C=O) groups excluding carboxylic acids is 1. The number of nitrogens with zero attached hydrogens (tertiary/aromatic N) is 3. The molecule has 2 heterocycles. The summed E-state index contributed by atoms with van der Waals surface area (Å²) in [6, 6.07) is 17.2. The monoisotopic (exact) mass is 412 g/mol. The first kappa shape index (κ1) is 19.0. The lowest BCUT2D eigenvalue weighted by Crippen LogP contribution is -2.46. The third-order valence-electron chi connectivity index (χ3n) is 5.00. The number of carbonyl (C=O) groups is 1. The fraction of sp³-hybridized carbons (Fsp3) is 0.286. The zero-order valence-electron chi connectivity index (χ0n) is 15.6. The van der Waals surface area contributed by atoms with Gasteiger partial charge in [0.25, 0.3) is 0 Å². The third-order valence-corrected chi connectivity index (χ3v) is 5.91. The molecule has 0 atom stereocenters. The van der Waals surface area contributed by atoms with Gasteiger partial charge >= 0.3 is 6.03 Å². The summed E-state index contributed by atoms with van der Waals surface area (Å²) in [7, 11) is 0. The molecular weight excluding hydrogens is 392 g/mol. The molecule has 0 aromatic heterocycles. The number of anilines is 1. The summed E-state index contributed by atoms with van der Waals surface area (Å²) in [5.74, 6) is 0. The van der Waals surface area contributed by atoms with Crippen LogP contribution in [-0.2, 0) is 0 Å². The molecule has 1 saturated heterocycles. The van der Waals surface area contributed by atoms with Crippen molar-refractivity contribution >= 4 is 45.8 Å². The lowest BCUT2D eigenvalue weighted by Gasteiger charge is -2.35. The Hall–Kier alpha value is -2.31. The fourth-order valence-corrected chi connectivity index (χ4v) is 4.32. The van der Waals surface area contributed by atoms with Crippen LogP contribution in [0.3, 0.4) is 0 Å². The molecule has 2 aromatic carbocycles. The molecule has 1 fully saturated rings. The molecule has 0 bridgehead atoms. The van der Waals surface area contributed by atoms with Crippen molar-refractivity contribution in [2.45, 2.75) is 18.5 Å². The summed E-state index contributed by atoms with van der Waals surface area (Å²) >= 11 is 7.62. The van der Waals surface area contributed by atoms with E-state index in [1.165, 1.54) is 0 Å². The maximum Gasteiger partial charge on any atom is 0.321 e. The topological polar surface area (TPSA) is 57.1 Å². The fourth-order valence-electron chi connectivity index (χ4n) is 3.51. The SMILES string of the molecule is CSC1=NC2(CCN(C(=O)Nc3cccc(Cl)c3)CC2)N=C1c1ccccc1. The molecule has 7 heteroatoms. The van der Waals surface area contributed by atoms with Crippen molar-refractivity contribution < 1.29 is 4.79 Å². The van der Waals surface area contributed by atoms with Crippen molar-refractivity contribution in [2.75, 3.05) is 24.7 Å². The minimum atomic E-state index is -0.448. The number of thioether (sulfide) groups is 1. The second-order valence-corrected chi connectivity index (χ2v) is 8.09. The van der Waals surface area contributed by atoms with Gasteiger partial charge in [-0.3, -0.25) is 4.99 Å². The Balaban J connectivity index is 1.45. The molecule has 28 heavy (non-hydrogen) atoms. The van der Waals surface area contributed by atoms with Gasteiger partial charge in [-0.2, -0.15) is 0 Å². The molecule has 144 valence electrons. The zero-order valence-corrected chi connectivity index (χ0v) is 17.1. The van der Waals surface area contributed by atoms with Gasteiger partial charge in [0.15, 0.2) is 5.66 Å². The second-order valence-electron chi connectivity index (χ2n) is 6.86. The number of benzene rings is 2. The highest BCUT2D eigenvalue weighted by molar-refractivity contribution is 8.15. The summed E-state index contributed by atoms with van der Waals surface area (Å²) in [6.07, 6.45) is 3.47. The predicted octanol–water partition coefficient (Wildman–Crippen LogP) is 4.93. The van der Waals surface area contributed by atoms with Crippen molar-refractivity contribution in [3.63, 3.8) is 0 Å². The van der Waals surface area contributed by atoms with E-state index in [0.717, 1.165) is 29.2 Å². The summed E-state index contributed by atoms with van der Waals surface area (Å²) < 4.78 is 0. The first-order chi connectivity index (χ1) is 13.6. The lowest BCUT2D eigenvalue weighted by molar-refractivity contribution is 0.175. The Morgan fingerprint density at radius 2 is 1.86 bits per heavy atom. The molecule has 5 nitrogen and oxygen atoms in total. The number of halogens is 1. The smallest absolute Gasteiger partial charge is 0.321 e. The van der Waals surface area contributed by atoms with Gasteiger partial charge in [0.2, 0.25) is 0 Å². The number of nitrogens with one attached hydrogen (secondary N) is 1. The molecule has 1 N–H and O–H groups in total. The Morgan fingerprint density at radius 3 is 2.54 bits per heavy atom. The number of piperidine rings is 1. The largest absolute Gasteiger partial charge is 0.324 e. The van der Waals surface area contributed by atoms with E-state index in [0.29, 0.717) is 23.8 Å². The summed E-state index contributed by atoms with van der Waals surface area (Å²) in [4.78, 5) is 24.4. The van der Waals surface area contributed by atoms with E-state index >= 15 is 0 Å². The molecule has 2 aliphatic rings. The Kier molecular flexibility index (Phi) is 5.42. The second kappa shape index (κ2) is 7.97. The van der Waals surface area contributed by atoms with E-state index in [1.807, 2.05) is 41.5 Å². The maximum atomic E-state index is 12.6. The number of urea groups is 1. The minimum Gasteiger partial charge on any atom is -0.324 e. The highest BCUT2D eigenvalue weighted by Gasteiger charge is 2.40. The van der Waals surface area contributed by atoms with Crippen LogP contribution in [0.25, 0.3) is 0 Å². The molecule has 2 amide bonds. The first-order valence-electron chi connectivity index (χ1n) is 9.20. The molecule has 0 radical (unpaired) electrons. The summed E-state index contributed by atoms with van der Waals surface area (Å²) in [5, 5.41) is 4.49. The summed E-state index contributed by atoms with van der Waals surface area (Å²) in [6.45, 7) is 1.23. The van der Waals surface area contributed by atoms with Crippen molar-refractivity contribution in [3.05, 3.63) is 65.2 Å². The van der Waals surface area contributed by atoms with Gasteiger partial charge in [0, 0.05) is 42.2 Å². The molecule has 0 unspecified atom stereocenters.